The third-order valence-corrected chi connectivity index (χ3v) is 7.66. The lowest BCUT2D eigenvalue weighted by atomic mass is 10.4. The summed E-state index contributed by atoms with van der Waals surface area (Å²) in [7, 11) is -6.53. The average molecular weight is 460 g/mol. The van der Waals surface area contributed by atoms with E-state index in [0.29, 0.717) is 0 Å². The van der Waals surface area contributed by atoms with Crippen LogP contribution in [0.4, 0.5) is 0 Å². The molecule has 0 aromatic heterocycles. The number of alkyl halides is 4. The maximum atomic E-state index is 11.5. The molecule has 136 valence electrons. The van der Waals surface area contributed by atoms with Crippen molar-refractivity contribution in [2.45, 2.75) is 10.8 Å². The zero-order valence-electron chi connectivity index (χ0n) is 11.7. The molecule has 2 unspecified atom stereocenters. The van der Waals surface area contributed by atoms with Crippen molar-refractivity contribution in [3.8, 4) is 0 Å². The van der Waals surface area contributed by atoms with Crippen LogP contribution in [0.5, 0.6) is 0 Å². The molecule has 0 saturated heterocycles. The molecule has 0 radical (unpaired) electrons. The minimum atomic E-state index is -3.27. The number of sulfone groups is 2. The first-order valence-electron chi connectivity index (χ1n) is 6.13. The van der Waals surface area contributed by atoms with E-state index in [1.807, 2.05) is 0 Å². The van der Waals surface area contributed by atoms with Gasteiger partial charge in [-0.15, -0.1) is 58.8 Å². The maximum absolute atomic E-state index is 11.5. The highest BCUT2D eigenvalue weighted by atomic mass is 35.5. The van der Waals surface area contributed by atoms with Gasteiger partial charge in [-0.1, -0.05) is 0 Å². The monoisotopic (exact) mass is 457 g/mol. The van der Waals surface area contributed by atoms with E-state index in [2.05, 4.69) is 5.32 Å². The van der Waals surface area contributed by atoms with E-state index in [1.165, 1.54) is 0 Å². The second-order valence-corrected chi connectivity index (χ2v) is 10.9. The molecule has 0 spiro atoms. The fourth-order valence-corrected chi connectivity index (χ4v) is 6.39. The summed E-state index contributed by atoms with van der Waals surface area (Å²) >= 11 is 22.6. The highest BCUT2D eigenvalue weighted by Gasteiger charge is 2.19. The van der Waals surface area contributed by atoms with Crippen molar-refractivity contribution < 1.29 is 16.8 Å². The van der Waals surface area contributed by atoms with Gasteiger partial charge in [0.25, 0.3) is 0 Å². The van der Waals surface area contributed by atoms with Crippen LogP contribution < -0.4 is 5.32 Å². The SMILES string of the molecule is Cl.O=S(=O)(CCCl)CC(Cl)CNCC(Cl)CS(=O)(=O)CCCl. The normalized spacial score (nSPS) is 15.1. The molecule has 0 aliphatic carbocycles. The van der Waals surface area contributed by atoms with Gasteiger partial charge in [0.1, 0.15) is 0 Å². The van der Waals surface area contributed by atoms with Crippen LogP contribution in [-0.2, 0) is 19.7 Å². The molecule has 0 amide bonds. The van der Waals surface area contributed by atoms with Crippen molar-refractivity contribution in [1.82, 2.24) is 5.32 Å². The van der Waals surface area contributed by atoms with E-state index in [4.69, 9.17) is 46.4 Å². The number of halogens is 5. The summed E-state index contributed by atoms with van der Waals surface area (Å²) in [5.74, 6) is -0.556. The highest BCUT2D eigenvalue weighted by molar-refractivity contribution is 7.91. The molecular formula is C10H20Cl5NO4S2. The number of rotatable bonds is 12. The van der Waals surface area contributed by atoms with Gasteiger partial charge >= 0.3 is 0 Å². The van der Waals surface area contributed by atoms with Crippen LogP contribution in [0.15, 0.2) is 0 Å². The fourth-order valence-electron chi connectivity index (χ4n) is 1.47. The van der Waals surface area contributed by atoms with Crippen molar-refractivity contribution in [2.75, 3.05) is 47.9 Å². The van der Waals surface area contributed by atoms with E-state index in [-0.39, 0.29) is 60.3 Å². The summed E-state index contributed by atoms with van der Waals surface area (Å²) in [5, 5.41) is 1.61. The van der Waals surface area contributed by atoms with Crippen molar-refractivity contribution in [3.05, 3.63) is 0 Å². The van der Waals surface area contributed by atoms with Crippen molar-refractivity contribution in [3.63, 3.8) is 0 Å². The van der Waals surface area contributed by atoms with Crippen LogP contribution in [0.3, 0.4) is 0 Å². The Morgan fingerprint density at radius 2 is 1.09 bits per heavy atom. The molecular weight excluding hydrogens is 440 g/mol. The third kappa shape index (κ3) is 13.7. The molecule has 0 heterocycles. The van der Waals surface area contributed by atoms with E-state index in [9.17, 15) is 16.8 Å². The molecule has 0 aromatic rings. The van der Waals surface area contributed by atoms with Gasteiger partial charge in [-0.3, -0.25) is 0 Å². The van der Waals surface area contributed by atoms with Crippen LogP contribution >= 0.6 is 58.8 Å². The van der Waals surface area contributed by atoms with Gasteiger partial charge in [0.05, 0.1) is 33.8 Å². The third-order valence-electron chi connectivity index (χ3n) is 2.38. The first-order valence-corrected chi connectivity index (χ1v) is 11.7. The second kappa shape index (κ2) is 12.6. The fraction of sp³-hybridized carbons (Fsp3) is 1.00. The Bertz CT molecular complexity index is 442. The molecule has 2 atom stereocenters. The lowest BCUT2D eigenvalue weighted by Gasteiger charge is -2.14. The summed E-state index contributed by atoms with van der Waals surface area (Å²) in [5.41, 5.74) is 0. The first-order chi connectivity index (χ1) is 9.62. The Hall–Kier alpha value is 1.31. The summed E-state index contributed by atoms with van der Waals surface area (Å²) in [6.45, 7) is 0.420. The van der Waals surface area contributed by atoms with Gasteiger partial charge < -0.3 is 5.32 Å². The van der Waals surface area contributed by atoms with E-state index in [1.54, 1.807) is 0 Å². The molecule has 0 bridgehead atoms. The average Bonchev–Trinajstić information content (AvgIpc) is 2.26. The van der Waals surface area contributed by atoms with Gasteiger partial charge in [-0.2, -0.15) is 0 Å². The predicted octanol–water partition coefficient (Wildman–Crippen LogP) is 1.52. The standard InChI is InChI=1S/C10H19Cl4NO4S2.ClH/c11-1-3-20(16,17)7-9(13)5-15-6-10(14)8-21(18,19)4-2-12;/h9-10,15H,1-8H2;1H. The van der Waals surface area contributed by atoms with Crippen LogP contribution in [0, 0.1) is 0 Å². The number of nitrogens with one attached hydrogen (secondary N) is 1. The predicted molar refractivity (Wildman–Crippen MR) is 98.1 cm³/mol. The zero-order valence-corrected chi connectivity index (χ0v) is 17.2. The molecule has 22 heavy (non-hydrogen) atoms. The molecule has 0 aliphatic rings. The number of hydrogen-bond acceptors (Lipinski definition) is 5. The smallest absolute Gasteiger partial charge is 0.152 e. The van der Waals surface area contributed by atoms with Crippen molar-refractivity contribution >= 4 is 78.5 Å². The van der Waals surface area contributed by atoms with E-state index in [0.717, 1.165) is 0 Å². The lowest BCUT2D eigenvalue weighted by molar-refractivity contribution is 0.587. The Balaban J connectivity index is 0. The Morgan fingerprint density at radius 3 is 1.36 bits per heavy atom. The van der Waals surface area contributed by atoms with Gasteiger partial charge in [0.2, 0.25) is 0 Å². The quantitative estimate of drug-likeness (QED) is 0.448. The van der Waals surface area contributed by atoms with Gasteiger partial charge in [-0.05, 0) is 0 Å². The van der Waals surface area contributed by atoms with Gasteiger partial charge in [-0.25, -0.2) is 16.8 Å². The topological polar surface area (TPSA) is 80.3 Å². The molecule has 1 N–H and O–H groups in total. The largest absolute Gasteiger partial charge is 0.314 e. The second-order valence-electron chi connectivity index (χ2n) is 4.46. The summed E-state index contributed by atoms with van der Waals surface area (Å²) in [4.78, 5) is 0. The first kappa shape index (κ1) is 25.5. The summed E-state index contributed by atoms with van der Waals surface area (Å²) < 4.78 is 45.9. The molecule has 0 saturated carbocycles. The maximum Gasteiger partial charge on any atom is 0.152 e. The summed E-state index contributed by atoms with van der Waals surface area (Å²) in [6, 6.07) is 0. The number of hydrogen-bond donors (Lipinski definition) is 1. The van der Waals surface area contributed by atoms with Crippen molar-refractivity contribution in [1.29, 1.82) is 0 Å². The van der Waals surface area contributed by atoms with Gasteiger partial charge in [0, 0.05) is 24.8 Å². The minimum Gasteiger partial charge on any atom is -0.314 e. The molecule has 0 aliphatic heterocycles. The highest BCUT2D eigenvalue weighted by Crippen LogP contribution is 2.05. The summed E-state index contributed by atoms with van der Waals surface area (Å²) in [6.07, 6.45) is 0. The van der Waals surface area contributed by atoms with Crippen LogP contribution in [-0.4, -0.2) is 75.5 Å². The van der Waals surface area contributed by atoms with Crippen molar-refractivity contribution in [2.24, 2.45) is 0 Å². The van der Waals surface area contributed by atoms with Crippen LogP contribution in [0.1, 0.15) is 0 Å². The van der Waals surface area contributed by atoms with E-state index < -0.39 is 30.4 Å². The molecule has 5 nitrogen and oxygen atoms in total. The van der Waals surface area contributed by atoms with Crippen LogP contribution in [0.2, 0.25) is 0 Å². The Labute approximate surface area is 158 Å². The molecule has 12 heteroatoms. The Morgan fingerprint density at radius 1 is 0.773 bits per heavy atom. The molecule has 0 aromatic carbocycles. The van der Waals surface area contributed by atoms with Gasteiger partial charge in [0.15, 0.2) is 19.7 Å². The Kier molecular flexibility index (Phi) is 14.7. The van der Waals surface area contributed by atoms with Crippen LogP contribution in [0.25, 0.3) is 0 Å². The zero-order chi connectivity index (χ0) is 16.5. The minimum absolute atomic E-state index is 0. The molecule has 0 rings (SSSR count). The van der Waals surface area contributed by atoms with E-state index >= 15 is 0 Å². The molecule has 0 fully saturated rings. The lowest BCUT2D eigenvalue weighted by Crippen LogP contribution is -2.35.